The number of rotatable bonds is 0. The van der Waals surface area contributed by atoms with Crippen molar-refractivity contribution in [3.8, 4) is 6.07 Å². The van der Waals surface area contributed by atoms with E-state index in [1.807, 2.05) is 31.3 Å². The third kappa shape index (κ3) is 2.10. The van der Waals surface area contributed by atoms with Crippen molar-refractivity contribution in [2.45, 2.75) is 6.92 Å². The normalized spacial score (nSPS) is 9.40. The van der Waals surface area contributed by atoms with E-state index in [2.05, 4.69) is 23.6 Å². The van der Waals surface area contributed by atoms with Gasteiger partial charge in [0, 0.05) is 24.4 Å². The Hall–Kier alpha value is -1.15. The van der Waals surface area contributed by atoms with Crippen molar-refractivity contribution in [1.29, 1.82) is 5.26 Å². The summed E-state index contributed by atoms with van der Waals surface area (Å²) in [6.07, 6.45) is 0. The van der Waals surface area contributed by atoms with E-state index in [4.69, 9.17) is 5.26 Å². The molecule has 1 aromatic heterocycles. The van der Waals surface area contributed by atoms with Gasteiger partial charge in [0.2, 0.25) is 5.52 Å². The lowest BCUT2D eigenvalue weighted by atomic mass is 10.1. The Balaban J connectivity index is 0.00000112. The van der Waals surface area contributed by atoms with E-state index >= 15 is 0 Å². The Kier molecular flexibility index (Phi) is 3.64. The summed E-state index contributed by atoms with van der Waals surface area (Å²) in [5.41, 5.74) is 3.08. The maximum Gasteiger partial charge on any atom is 0.212 e. The van der Waals surface area contributed by atoms with E-state index in [0.29, 0.717) is 5.56 Å². The molecule has 0 amide bonds. The second-order valence-electron chi connectivity index (χ2n) is 3.42. The third-order valence-corrected chi connectivity index (χ3v) is 2.55. The van der Waals surface area contributed by atoms with Gasteiger partial charge in [-0.25, -0.2) is 0 Å². The smallest absolute Gasteiger partial charge is 0.212 e. The highest BCUT2D eigenvalue weighted by atomic mass is 127. The number of aryl methyl sites for hydroxylation is 2. The highest BCUT2D eigenvalue weighted by Gasteiger charge is 2.07. The lowest BCUT2D eigenvalue weighted by Gasteiger charge is -1.99. The molecule has 0 bridgehead atoms. The van der Waals surface area contributed by atoms with E-state index in [9.17, 15) is 0 Å². The molecule has 1 heterocycles. The van der Waals surface area contributed by atoms with Crippen LogP contribution in [0, 0.1) is 18.3 Å². The van der Waals surface area contributed by atoms with E-state index in [0.717, 1.165) is 10.9 Å². The van der Waals surface area contributed by atoms with Crippen LogP contribution in [0.3, 0.4) is 0 Å². The highest BCUT2D eigenvalue weighted by molar-refractivity contribution is 5.77. The summed E-state index contributed by atoms with van der Waals surface area (Å²) in [5.74, 6) is 0. The molecule has 15 heavy (non-hydrogen) atoms. The average Bonchev–Trinajstić information content (AvgIpc) is 2.23. The molecule has 0 spiro atoms. The highest BCUT2D eigenvalue weighted by Crippen LogP contribution is 2.12. The number of aromatic nitrogens is 1. The molecule has 0 radical (unpaired) electrons. The largest absolute Gasteiger partial charge is 1.00 e. The summed E-state index contributed by atoms with van der Waals surface area (Å²) in [4.78, 5) is 0. The number of benzene rings is 1. The summed E-state index contributed by atoms with van der Waals surface area (Å²) >= 11 is 0. The third-order valence-electron chi connectivity index (χ3n) is 2.55. The van der Waals surface area contributed by atoms with E-state index in [1.165, 1.54) is 5.69 Å². The first kappa shape index (κ1) is 11.9. The summed E-state index contributed by atoms with van der Waals surface area (Å²) in [7, 11) is 2.03. The summed E-state index contributed by atoms with van der Waals surface area (Å²) in [6.45, 7) is 2.07. The first-order valence-electron chi connectivity index (χ1n) is 4.52. The number of hydrogen-bond acceptors (Lipinski definition) is 1. The molecular weight excluding hydrogens is 299 g/mol. The fourth-order valence-corrected chi connectivity index (χ4v) is 1.58. The predicted molar refractivity (Wildman–Crippen MR) is 54.6 cm³/mol. The second kappa shape index (κ2) is 4.58. The van der Waals surface area contributed by atoms with Crippen LogP contribution in [0.25, 0.3) is 10.9 Å². The first-order valence-corrected chi connectivity index (χ1v) is 4.52. The maximum absolute atomic E-state index is 8.76. The Bertz CT molecular complexity index is 541. The van der Waals surface area contributed by atoms with Crippen molar-refractivity contribution in [1.82, 2.24) is 0 Å². The van der Waals surface area contributed by atoms with Gasteiger partial charge < -0.3 is 24.0 Å². The number of fused-ring (bicyclic) bond motifs is 1. The molecule has 0 aliphatic carbocycles. The van der Waals surface area contributed by atoms with Gasteiger partial charge in [-0.1, -0.05) is 0 Å². The lowest BCUT2D eigenvalue weighted by molar-refractivity contribution is -0.651. The molecule has 0 aliphatic heterocycles. The zero-order chi connectivity index (χ0) is 10.1. The van der Waals surface area contributed by atoms with Crippen molar-refractivity contribution in [3.63, 3.8) is 0 Å². The minimum atomic E-state index is 0. The van der Waals surface area contributed by atoms with Crippen molar-refractivity contribution in [2.24, 2.45) is 7.05 Å². The van der Waals surface area contributed by atoms with Gasteiger partial charge in [0.25, 0.3) is 0 Å². The van der Waals surface area contributed by atoms with Crippen molar-refractivity contribution >= 4 is 10.9 Å². The molecule has 3 heteroatoms. The molecule has 0 unspecified atom stereocenters. The molecule has 2 nitrogen and oxygen atoms in total. The fraction of sp³-hybridized carbons (Fsp3) is 0.167. The standard InChI is InChI=1S/C12H11N2.HI/c1-9-3-5-11-7-10(8-13)4-6-12(11)14(9)2;/h3-7H,1-2H3;1H/q+1;/p-1. The van der Waals surface area contributed by atoms with Gasteiger partial charge in [0.15, 0.2) is 5.69 Å². The average molecular weight is 310 g/mol. The number of hydrogen-bond donors (Lipinski definition) is 0. The minimum absolute atomic E-state index is 0. The van der Waals surface area contributed by atoms with E-state index in [1.54, 1.807) is 0 Å². The molecule has 0 aliphatic rings. The quantitative estimate of drug-likeness (QED) is 0.446. The molecule has 0 saturated carbocycles. The van der Waals surface area contributed by atoms with Gasteiger partial charge in [0.1, 0.15) is 7.05 Å². The zero-order valence-corrected chi connectivity index (χ0v) is 10.8. The Morgan fingerprint density at radius 1 is 1.20 bits per heavy atom. The molecule has 0 fully saturated rings. The maximum atomic E-state index is 8.76. The van der Waals surface area contributed by atoms with Gasteiger partial charge in [-0.15, -0.1) is 0 Å². The van der Waals surface area contributed by atoms with Crippen LogP contribution in [0.2, 0.25) is 0 Å². The molecule has 2 rings (SSSR count). The summed E-state index contributed by atoms with van der Waals surface area (Å²) < 4.78 is 2.12. The van der Waals surface area contributed by atoms with Gasteiger partial charge in [-0.3, -0.25) is 0 Å². The van der Waals surface area contributed by atoms with Gasteiger partial charge >= 0.3 is 0 Å². The molecule has 0 atom stereocenters. The van der Waals surface area contributed by atoms with Crippen LogP contribution in [0.1, 0.15) is 11.3 Å². The van der Waals surface area contributed by atoms with Crippen LogP contribution in [0.5, 0.6) is 0 Å². The van der Waals surface area contributed by atoms with Crippen molar-refractivity contribution < 1.29 is 28.5 Å². The molecular formula is C12H11IN2. The summed E-state index contributed by atoms with van der Waals surface area (Å²) in [6, 6.07) is 12.0. The topological polar surface area (TPSA) is 27.7 Å². The van der Waals surface area contributed by atoms with E-state index in [-0.39, 0.29) is 24.0 Å². The molecule has 0 N–H and O–H groups in total. The number of nitrogens with zero attached hydrogens (tertiary/aromatic N) is 2. The summed E-state index contributed by atoms with van der Waals surface area (Å²) in [5, 5.41) is 9.87. The van der Waals surface area contributed by atoms with Gasteiger partial charge in [-0.05, 0) is 18.2 Å². The lowest BCUT2D eigenvalue weighted by Crippen LogP contribution is -3.00. The van der Waals surface area contributed by atoms with Crippen LogP contribution >= 0.6 is 0 Å². The molecule has 1 aromatic carbocycles. The van der Waals surface area contributed by atoms with Crippen LogP contribution in [-0.4, -0.2) is 0 Å². The minimum Gasteiger partial charge on any atom is -1.00 e. The van der Waals surface area contributed by atoms with E-state index < -0.39 is 0 Å². The van der Waals surface area contributed by atoms with Gasteiger partial charge in [-0.2, -0.15) is 9.83 Å². The van der Waals surface area contributed by atoms with Crippen LogP contribution in [0.15, 0.2) is 30.3 Å². The molecule has 76 valence electrons. The monoisotopic (exact) mass is 310 g/mol. The van der Waals surface area contributed by atoms with Gasteiger partial charge in [0.05, 0.1) is 11.6 Å². The van der Waals surface area contributed by atoms with Crippen LogP contribution < -0.4 is 28.5 Å². The first-order chi connectivity index (χ1) is 6.72. The second-order valence-corrected chi connectivity index (χ2v) is 3.42. The number of pyridine rings is 1. The number of halogens is 1. The van der Waals surface area contributed by atoms with Crippen LogP contribution in [0.4, 0.5) is 0 Å². The predicted octanol–water partition coefficient (Wildman–Crippen LogP) is -1.15. The Morgan fingerprint density at radius 2 is 1.93 bits per heavy atom. The molecule has 0 saturated heterocycles. The Morgan fingerprint density at radius 3 is 2.60 bits per heavy atom. The molecule has 2 aromatic rings. The van der Waals surface area contributed by atoms with Crippen molar-refractivity contribution in [3.05, 3.63) is 41.6 Å². The van der Waals surface area contributed by atoms with Crippen molar-refractivity contribution in [2.75, 3.05) is 0 Å². The number of nitriles is 1. The van der Waals surface area contributed by atoms with Crippen LogP contribution in [-0.2, 0) is 7.05 Å². The Labute approximate surface area is 106 Å². The zero-order valence-electron chi connectivity index (χ0n) is 8.66. The fourth-order valence-electron chi connectivity index (χ4n) is 1.58. The SMILES string of the molecule is Cc1ccc2cc(C#N)ccc2[n+]1C.[I-].